The van der Waals surface area contributed by atoms with Gasteiger partial charge in [0.2, 0.25) is 5.96 Å². The van der Waals surface area contributed by atoms with Crippen LogP contribution >= 0.6 is 11.8 Å². The summed E-state index contributed by atoms with van der Waals surface area (Å²) in [5.74, 6) is -1.54. The van der Waals surface area contributed by atoms with Gasteiger partial charge in [-0.1, -0.05) is 12.1 Å². The molecule has 0 aromatic heterocycles. The number of amidine groups is 1. The molecule has 7 nitrogen and oxygen atoms in total. The van der Waals surface area contributed by atoms with Crippen molar-refractivity contribution in [1.29, 1.82) is 0 Å². The molecular formula is C17H17F3N4O3S. The fraction of sp³-hybridized carbons (Fsp3) is 0.471. The third-order valence-electron chi connectivity index (χ3n) is 4.70. The molecule has 0 bridgehead atoms. The van der Waals surface area contributed by atoms with Gasteiger partial charge in [-0.15, -0.1) is 0 Å². The first kappa shape index (κ1) is 19.1. The number of hydrogen-bond donors (Lipinski definition) is 0. The van der Waals surface area contributed by atoms with E-state index in [9.17, 15) is 18.0 Å². The van der Waals surface area contributed by atoms with E-state index in [4.69, 9.17) is 4.74 Å². The lowest BCUT2D eigenvalue weighted by molar-refractivity contribution is -0.201. The molecule has 0 amide bonds. The number of aryl methyl sites for hydroxylation is 1. The SMILES string of the molecule is COC(=O)C1(C(F)(F)F)N=C2Sc3cccc(C)c3N2C(N2CCOCC2)=N1. The zero-order valence-corrected chi connectivity index (χ0v) is 15.9. The second-order valence-corrected chi connectivity index (χ2v) is 7.44. The number of esters is 1. The van der Waals surface area contributed by atoms with Gasteiger partial charge in [-0.2, -0.15) is 13.2 Å². The quantitative estimate of drug-likeness (QED) is 0.658. The van der Waals surface area contributed by atoms with Gasteiger partial charge in [0.05, 0.1) is 26.0 Å². The Morgan fingerprint density at radius 2 is 2.00 bits per heavy atom. The highest BCUT2D eigenvalue weighted by Crippen LogP contribution is 2.48. The van der Waals surface area contributed by atoms with E-state index in [1.54, 1.807) is 15.9 Å². The van der Waals surface area contributed by atoms with Crippen LogP contribution in [0.2, 0.25) is 0 Å². The van der Waals surface area contributed by atoms with Gasteiger partial charge >= 0.3 is 17.8 Å². The lowest BCUT2D eigenvalue weighted by atomic mass is 10.1. The Bertz CT molecular complexity index is 883. The lowest BCUT2D eigenvalue weighted by Gasteiger charge is -2.40. The number of para-hydroxylation sites is 1. The largest absolute Gasteiger partial charge is 0.465 e. The molecule has 0 N–H and O–H groups in total. The van der Waals surface area contributed by atoms with E-state index >= 15 is 0 Å². The second kappa shape index (κ2) is 6.66. The number of halogens is 3. The summed E-state index contributed by atoms with van der Waals surface area (Å²) >= 11 is 1.08. The summed E-state index contributed by atoms with van der Waals surface area (Å²) in [6.07, 6.45) is -5.05. The Morgan fingerprint density at radius 3 is 2.64 bits per heavy atom. The third kappa shape index (κ3) is 2.75. The van der Waals surface area contributed by atoms with Gasteiger partial charge in [0.15, 0.2) is 5.17 Å². The third-order valence-corrected chi connectivity index (χ3v) is 5.70. The highest BCUT2D eigenvalue weighted by atomic mass is 32.2. The standard InChI is InChI=1S/C17H17F3N4O3S/c1-10-4-3-5-11-12(10)24-14(23-6-8-27-9-7-23)21-16(13(25)26-2,17(18,19)20)22-15(24)28-11/h3-5H,6-9H2,1-2H3. The average molecular weight is 414 g/mol. The van der Waals surface area contributed by atoms with Crippen LogP contribution in [0.1, 0.15) is 5.56 Å². The minimum absolute atomic E-state index is 0.0246. The molecule has 1 unspecified atom stereocenters. The molecule has 0 aliphatic carbocycles. The number of benzene rings is 1. The molecule has 3 aliphatic heterocycles. The molecule has 0 saturated carbocycles. The summed E-state index contributed by atoms with van der Waals surface area (Å²) in [7, 11) is 0.896. The van der Waals surface area contributed by atoms with Gasteiger partial charge in [-0.25, -0.2) is 14.8 Å². The Morgan fingerprint density at radius 1 is 1.29 bits per heavy atom. The number of methoxy groups -OCH3 is 1. The molecule has 1 fully saturated rings. The maximum atomic E-state index is 14.1. The van der Waals surface area contributed by atoms with Crippen LogP contribution < -0.4 is 4.90 Å². The summed E-state index contributed by atoms with van der Waals surface area (Å²) in [4.78, 5) is 23.9. The number of aliphatic imine (C=N–C) groups is 2. The van der Waals surface area contributed by atoms with E-state index in [1.807, 2.05) is 19.1 Å². The van der Waals surface area contributed by atoms with Crippen LogP contribution in [-0.4, -0.2) is 67.2 Å². The molecule has 3 aliphatic rings. The first-order valence-corrected chi connectivity index (χ1v) is 9.35. The molecule has 11 heteroatoms. The number of ether oxygens (including phenoxy) is 2. The normalized spacial score (nSPS) is 24.3. The molecule has 28 heavy (non-hydrogen) atoms. The van der Waals surface area contributed by atoms with Crippen LogP contribution in [0.15, 0.2) is 33.1 Å². The van der Waals surface area contributed by atoms with Crippen molar-refractivity contribution in [2.45, 2.75) is 23.7 Å². The van der Waals surface area contributed by atoms with Crippen LogP contribution in [0, 0.1) is 6.92 Å². The van der Waals surface area contributed by atoms with Gasteiger partial charge in [0, 0.05) is 18.0 Å². The molecule has 1 atom stereocenters. The molecular weight excluding hydrogens is 397 g/mol. The summed E-state index contributed by atoms with van der Waals surface area (Å²) in [5.41, 5.74) is -1.74. The van der Waals surface area contributed by atoms with E-state index in [0.29, 0.717) is 26.3 Å². The molecule has 0 spiro atoms. The smallest absolute Gasteiger partial charge is 0.446 e. The summed E-state index contributed by atoms with van der Waals surface area (Å²) in [6, 6.07) is 5.49. The van der Waals surface area contributed by atoms with E-state index in [-0.39, 0.29) is 11.1 Å². The van der Waals surface area contributed by atoms with Crippen LogP contribution in [0.5, 0.6) is 0 Å². The van der Waals surface area contributed by atoms with Crippen molar-refractivity contribution < 1.29 is 27.4 Å². The second-order valence-electron chi connectivity index (χ2n) is 6.43. The number of fused-ring (bicyclic) bond motifs is 3. The van der Waals surface area contributed by atoms with Crippen molar-refractivity contribution in [3.63, 3.8) is 0 Å². The molecule has 4 rings (SSSR count). The number of guanidine groups is 1. The first-order valence-electron chi connectivity index (χ1n) is 8.53. The van der Waals surface area contributed by atoms with Gasteiger partial charge in [-0.05, 0) is 30.3 Å². The molecule has 1 aromatic rings. The van der Waals surface area contributed by atoms with Crippen molar-refractivity contribution in [2.24, 2.45) is 9.98 Å². The number of nitrogens with zero attached hydrogens (tertiary/aromatic N) is 4. The highest BCUT2D eigenvalue weighted by molar-refractivity contribution is 8.15. The van der Waals surface area contributed by atoms with E-state index in [2.05, 4.69) is 14.7 Å². The van der Waals surface area contributed by atoms with E-state index < -0.39 is 17.8 Å². The number of thioether (sulfide) groups is 1. The van der Waals surface area contributed by atoms with Crippen molar-refractivity contribution >= 4 is 34.5 Å². The van der Waals surface area contributed by atoms with Crippen molar-refractivity contribution in [2.75, 3.05) is 38.3 Å². The minimum Gasteiger partial charge on any atom is -0.465 e. The number of carbonyl (C=O) groups is 1. The maximum Gasteiger partial charge on any atom is 0.446 e. The van der Waals surface area contributed by atoms with Gasteiger partial charge in [0.1, 0.15) is 0 Å². The number of rotatable bonds is 1. The zero-order chi connectivity index (χ0) is 20.1. The van der Waals surface area contributed by atoms with Crippen molar-refractivity contribution in [3.8, 4) is 0 Å². The van der Waals surface area contributed by atoms with Gasteiger partial charge in [-0.3, -0.25) is 4.90 Å². The maximum absolute atomic E-state index is 14.1. The predicted molar refractivity (Wildman–Crippen MR) is 97.6 cm³/mol. The summed E-state index contributed by atoms with van der Waals surface area (Å²) in [6.45, 7) is 3.27. The minimum atomic E-state index is -5.05. The van der Waals surface area contributed by atoms with Crippen LogP contribution in [0.3, 0.4) is 0 Å². The lowest BCUT2D eigenvalue weighted by Crippen LogP contribution is -2.59. The number of hydrogen-bond acceptors (Lipinski definition) is 8. The fourth-order valence-corrected chi connectivity index (χ4v) is 4.44. The number of anilines is 1. The van der Waals surface area contributed by atoms with Crippen LogP contribution in [0.25, 0.3) is 0 Å². The Balaban J connectivity index is 1.93. The molecule has 1 saturated heterocycles. The number of alkyl halides is 3. The highest BCUT2D eigenvalue weighted by Gasteiger charge is 2.66. The Hall–Kier alpha value is -2.27. The van der Waals surface area contributed by atoms with E-state index in [0.717, 1.165) is 35.0 Å². The Labute approximate surface area is 163 Å². The summed E-state index contributed by atoms with van der Waals surface area (Å²) in [5, 5.41) is 0.0449. The van der Waals surface area contributed by atoms with Gasteiger partial charge in [0.25, 0.3) is 0 Å². The topological polar surface area (TPSA) is 66.7 Å². The number of morpholine rings is 1. The van der Waals surface area contributed by atoms with Crippen LogP contribution in [0.4, 0.5) is 18.9 Å². The molecule has 1 aromatic carbocycles. The molecule has 3 heterocycles. The summed E-state index contributed by atoms with van der Waals surface area (Å²) < 4.78 is 51.9. The average Bonchev–Trinajstić information content (AvgIpc) is 3.05. The predicted octanol–water partition coefficient (Wildman–Crippen LogP) is 2.40. The Kier molecular flexibility index (Phi) is 4.53. The van der Waals surface area contributed by atoms with Crippen molar-refractivity contribution in [1.82, 2.24) is 4.90 Å². The zero-order valence-electron chi connectivity index (χ0n) is 15.1. The first-order chi connectivity index (χ1) is 13.3. The van der Waals surface area contributed by atoms with Gasteiger partial charge < -0.3 is 14.4 Å². The molecule has 150 valence electrons. The van der Waals surface area contributed by atoms with Crippen molar-refractivity contribution in [3.05, 3.63) is 23.8 Å². The molecule has 0 radical (unpaired) electrons. The fourth-order valence-electron chi connectivity index (χ4n) is 3.31. The monoisotopic (exact) mass is 414 g/mol. The van der Waals surface area contributed by atoms with E-state index in [1.165, 1.54) is 0 Å². The van der Waals surface area contributed by atoms with Crippen LogP contribution in [-0.2, 0) is 14.3 Å². The number of carbonyl (C=O) groups excluding carboxylic acids is 1.